The molecule has 1 aliphatic carbocycles. The molecule has 1 aromatic rings. The van der Waals surface area contributed by atoms with E-state index in [9.17, 15) is 0 Å². The predicted octanol–water partition coefficient (Wildman–Crippen LogP) is 4.48. The monoisotopic (exact) mass is 342 g/mol. The Labute approximate surface area is 129 Å². The van der Waals surface area contributed by atoms with Crippen molar-refractivity contribution in [1.29, 1.82) is 0 Å². The van der Waals surface area contributed by atoms with Crippen LogP contribution in [0.25, 0.3) is 0 Å². The second-order valence-electron chi connectivity index (χ2n) is 5.43. The van der Waals surface area contributed by atoms with Crippen LogP contribution in [0.5, 0.6) is 0 Å². The van der Waals surface area contributed by atoms with Gasteiger partial charge in [0.1, 0.15) is 0 Å². The molecular weight excluding hydrogens is 320 g/mol. The Balaban J connectivity index is 1.99. The van der Waals surface area contributed by atoms with E-state index in [4.69, 9.17) is 5.73 Å². The lowest BCUT2D eigenvalue weighted by atomic mass is 9.80. The summed E-state index contributed by atoms with van der Waals surface area (Å²) in [7, 11) is 0. The van der Waals surface area contributed by atoms with E-state index >= 15 is 0 Å². The summed E-state index contributed by atoms with van der Waals surface area (Å²) >= 11 is 5.36. The minimum absolute atomic E-state index is 0.643. The van der Waals surface area contributed by atoms with Crippen molar-refractivity contribution in [2.24, 2.45) is 17.6 Å². The quantitative estimate of drug-likeness (QED) is 0.857. The molecule has 106 valence electrons. The maximum absolute atomic E-state index is 5.95. The van der Waals surface area contributed by atoms with Crippen molar-refractivity contribution in [1.82, 2.24) is 4.98 Å². The van der Waals surface area contributed by atoms with Gasteiger partial charge in [0.15, 0.2) is 0 Å². The Morgan fingerprint density at radius 1 is 1.42 bits per heavy atom. The second kappa shape index (κ2) is 7.65. The molecule has 0 bridgehead atoms. The van der Waals surface area contributed by atoms with Crippen molar-refractivity contribution in [3.63, 3.8) is 0 Å². The van der Waals surface area contributed by atoms with Gasteiger partial charge in [-0.25, -0.2) is 4.98 Å². The van der Waals surface area contributed by atoms with E-state index < -0.39 is 0 Å². The fourth-order valence-electron chi connectivity index (χ4n) is 2.95. The van der Waals surface area contributed by atoms with Gasteiger partial charge in [0.25, 0.3) is 0 Å². The molecule has 4 heteroatoms. The summed E-state index contributed by atoms with van der Waals surface area (Å²) in [6.07, 6.45) is 8.49. The third-order valence-corrected chi connectivity index (χ3v) is 5.84. The van der Waals surface area contributed by atoms with Crippen LogP contribution in [0.15, 0.2) is 27.8 Å². The van der Waals surface area contributed by atoms with Gasteiger partial charge in [-0.1, -0.05) is 26.2 Å². The predicted molar refractivity (Wildman–Crippen MR) is 86.4 cm³/mol. The maximum Gasteiger partial charge on any atom is 0.0963 e. The Bertz CT molecular complexity index is 382. The van der Waals surface area contributed by atoms with E-state index in [0.717, 1.165) is 22.0 Å². The van der Waals surface area contributed by atoms with Crippen molar-refractivity contribution in [3.8, 4) is 0 Å². The van der Waals surface area contributed by atoms with E-state index in [-0.39, 0.29) is 0 Å². The first-order valence-electron chi connectivity index (χ1n) is 7.21. The molecule has 1 heterocycles. The molecule has 1 aromatic heterocycles. The summed E-state index contributed by atoms with van der Waals surface area (Å²) in [5.41, 5.74) is 5.95. The molecule has 0 spiro atoms. The Morgan fingerprint density at radius 3 is 2.89 bits per heavy atom. The molecule has 0 saturated heterocycles. The first kappa shape index (κ1) is 15.3. The van der Waals surface area contributed by atoms with Gasteiger partial charge in [-0.15, -0.1) is 11.8 Å². The SMILES string of the molecule is CCCC1CCC(CN)C(Sc2ccc(Br)cn2)C1. The van der Waals surface area contributed by atoms with Gasteiger partial charge in [-0.2, -0.15) is 0 Å². The summed E-state index contributed by atoms with van der Waals surface area (Å²) in [5, 5.41) is 1.77. The van der Waals surface area contributed by atoms with Gasteiger partial charge in [0, 0.05) is 15.9 Å². The van der Waals surface area contributed by atoms with Crippen LogP contribution in [0.2, 0.25) is 0 Å². The van der Waals surface area contributed by atoms with Gasteiger partial charge >= 0.3 is 0 Å². The van der Waals surface area contributed by atoms with Crippen LogP contribution in [0.4, 0.5) is 0 Å². The Hall–Kier alpha value is -0.0600. The van der Waals surface area contributed by atoms with E-state index in [0.29, 0.717) is 11.2 Å². The van der Waals surface area contributed by atoms with Gasteiger partial charge in [0.2, 0.25) is 0 Å². The molecule has 1 fully saturated rings. The average molecular weight is 343 g/mol. The Kier molecular flexibility index (Phi) is 6.17. The van der Waals surface area contributed by atoms with E-state index in [1.54, 1.807) is 0 Å². The van der Waals surface area contributed by atoms with Crippen LogP contribution < -0.4 is 5.73 Å². The average Bonchev–Trinajstić information content (AvgIpc) is 2.42. The fourth-order valence-corrected chi connectivity index (χ4v) is 4.56. The van der Waals surface area contributed by atoms with Gasteiger partial charge in [-0.05, 0) is 59.3 Å². The molecule has 2 N–H and O–H groups in total. The number of nitrogens with zero attached hydrogens (tertiary/aromatic N) is 1. The highest BCUT2D eigenvalue weighted by Crippen LogP contribution is 2.40. The first-order valence-corrected chi connectivity index (χ1v) is 8.88. The number of aromatic nitrogens is 1. The molecule has 0 radical (unpaired) electrons. The number of thioether (sulfide) groups is 1. The zero-order chi connectivity index (χ0) is 13.7. The number of nitrogens with two attached hydrogens (primary N) is 1. The van der Waals surface area contributed by atoms with Crippen LogP contribution in [0.1, 0.15) is 39.0 Å². The number of pyridine rings is 1. The highest BCUT2D eigenvalue weighted by molar-refractivity contribution is 9.10. The molecule has 2 nitrogen and oxygen atoms in total. The number of hydrogen-bond donors (Lipinski definition) is 1. The van der Waals surface area contributed by atoms with Crippen LogP contribution in [-0.2, 0) is 0 Å². The van der Waals surface area contributed by atoms with Crippen molar-refractivity contribution >= 4 is 27.7 Å². The lowest BCUT2D eigenvalue weighted by Crippen LogP contribution is -2.32. The fraction of sp³-hybridized carbons (Fsp3) is 0.667. The molecule has 1 saturated carbocycles. The summed E-state index contributed by atoms with van der Waals surface area (Å²) in [5.74, 6) is 1.55. The number of hydrogen-bond acceptors (Lipinski definition) is 3. The molecule has 3 atom stereocenters. The highest BCUT2D eigenvalue weighted by atomic mass is 79.9. The molecular formula is C15H23BrN2S. The largest absolute Gasteiger partial charge is 0.330 e. The van der Waals surface area contributed by atoms with Crippen LogP contribution >= 0.6 is 27.7 Å². The highest BCUT2D eigenvalue weighted by Gasteiger charge is 2.30. The maximum atomic E-state index is 5.95. The van der Waals surface area contributed by atoms with Crippen LogP contribution in [0, 0.1) is 11.8 Å². The lowest BCUT2D eigenvalue weighted by molar-refractivity contribution is 0.276. The summed E-state index contributed by atoms with van der Waals surface area (Å²) in [6.45, 7) is 3.10. The second-order valence-corrected chi connectivity index (χ2v) is 7.61. The van der Waals surface area contributed by atoms with E-state index in [1.807, 2.05) is 18.0 Å². The molecule has 2 rings (SSSR count). The topological polar surface area (TPSA) is 38.9 Å². The Morgan fingerprint density at radius 2 is 2.26 bits per heavy atom. The molecule has 1 aliphatic rings. The van der Waals surface area contributed by atoms with Crippen molar-refractivity contribution < 1.29 is 0 Å². The zero-order valence-corrected chi connectivity index (χ0v) is 13.9. The molecule has 3 unspecified atom stereocenters. The molecule has 19 heavy (non-hydrogen) atoms. The van der Waals surface area contributed by atoms with Gasteiger partial charge < -0.3 is 5.73 Å². The lowest BCUT2D eigenvalue weighted by Gasteiger charge is -2.35. The van der Waals surface area contributed by atoms with E-state index in [2.05, 4.69) is 40.0 Å². The van der Waals surface area contributed by atoms with Gasteiger partial charge in [-0.3, -0.25) is 0 Å². The summed E-state index contributed by atoms with van der Waals surface area (Å²) < 4.78 is 1.04. The molecule has 0 aromatic carbocycles. The van der Waals surface area contributed by atoms with Crippen molar-refractivity contribution in [2.75, 3.05) is 6.54 Å². The van der Waals surface area contributed by atoms with Crippen LogP contribution in [0.3, 0.4) is 0 Å². The first-order chi connectivity index (χ1) is 9.22. The minimum Gasteiger partial charge on any atom is -0.330 e. The third kappa shape index (κ3) is 4.47. The van der Waals surface area contributed by atoms with Gasteiger partial charge in [0.05, 0.1) is 5.03 Å². The smallest absolute Gasteiger partial charge is 0.0963 e. The normalized spacial score (nSPS) is 27.4. The van der Waals surface area contributed by atoms with Crippen LogP contribution in [-0.4, -0.2) is 16.8 Å². The number of halogens is 1. The van der Waals surface area contributed by atoms with Crippen molar-refractivity contribution in [2.45, 2.75) is 49.3 Å². The molecule has 0 aliphatic heterocycles. The minimum atomic E-state index is 0.643. The third-order valence-electron chi connectivity index (χ3n) is 4.01. The summed E-state index contributed by atoms with van der Waals surface area (Å²) in [4.78, 5) is 4.49. The molecule has 0 amide bonds. The van der Waals surface area contributed by atoms with Crippen molar-refractivity contribution in [3.05, 3.63) is 22.8 Å². The summed E-state index contributed by atoms with van der Waals surface area (Å²) in [6, 6.07) is 4.17. The standard InChI is InChI=1S/C15H23BrN2S/c1-2-3-11-4-5-12(9-17)14(8-11)19-15-7-6-13(16)10-18-15/h6-7,10-12,14H,2-5,8-9,17H2,1H3. The zero-order valence-electron chi connectivity index (χ0n) is 11.5. The van der Waals surface area contributed by atoms with E-state index in [1.165, 1.54) is 32.1 Å². The number of rotatable bonds is 5.